The number of hydrogen-bond donors (Lipinski definition) is 1. The summed E-state index contributed by atoms with van der Waals surface area (Å²) >= 11 is 0. The Hall–Kier alpha value is -1.84. The van der Waals surface area contributed by atoms with Gasteiger partial charge in [-0.3, -0.25) is 9.59 Å². The van der Waals surface area contributed by atoms with E-state index in [2.05, 4.69) is 0 Å². The van der Waals surface area contributed by atoms with Gasteiger partial charge < -0.3 is 9.84 Å². The highest BCUT2D eigenvalue weighted by Gasteiger charge is 2.23. The predicted octanol–water partition coefficient (Wildman–Crippen LogP) is 3.54. The zero-order valence-corrected chi connectivity index (χ0v) is 13.2. The molecule has 0 aromatic heterocycles. The fraction of sp³-hybridized carbons (Fsp3) is 0.529. The molecule has 116 valence electrons. The standard InChI is InChI=1S/C17H24O4/c1-5-12-7-6-8-13(11-12)14(16(19)20)9-10-15(18)21-17(2,3)4/h6-8,11,14H,5,9-10H2,1-4H3,(H,19,20). The second-order valence-electron chi connectivity index (χ2n) is 6.11. The molecule has 4 nitrogen and oxygen atoms in total. The van der Waals surface area contributed by atoms with Crippen LogP contribution in [-0.4, -0.2) is 22.6 Å². The topological polar surface area (TPSA) is 63.6 Å². The number of ether oxygens (including phenoxy) is 1. The normalized spacial score (nSPS) is 12.8. The number of carbonyl (C=O) groups is 2. The lowest BCUT2D eigenvalue weighted by atomic mass is 9.92. The van der Waals surface area contributed by atoms with E-state index in [1.807, 2.05) is 25.1 Å². The minimum absolute atomic E-state index is 0.102. The molecule has 1 unspecified atom stereocenters. The molecular weight excluding hydrogens is 268 g/mol. The number of carboxylic acid groups (broad SMARTS) is 1. The lowest BCUT2D eigenvalue weighted by Gasteiger charge is -2.20. The molecule has 1 rings (SSSR count). The third kappa shape index (κ3) is 5.98. The Labute approximate surface area is 126 Å². The van der Waals surface area contributed by atoms with Gasteiger partial charge in [0.15, 0.2) is 0 Å². The monoisotopic (exact) mass is 292 g/mol. The van der Waals surface area contributed by atoms with Crippen molar-refractivity contribution in [3.63, 3.8) is 0 Å². The molecule has 4 heteroatoms. The first kappa shape index (κ1) is 17.2. The van der Waals surface area contributed by atoms with Crippen LogP contribution in [0.4, 0.5) is 0 Å². The van der Waals surface area contributed by atoms with Crippen molar-refractivity contribution in [3.05, 3.63) is 35.4 Å². The summed E-state index contributed by atoms with van der Waals surface area (Å²) in [5.41, 5.74) is 1.29. The molecule has 0 amide bonds. The SMILES string of the molecule is CCc1cccc(C(CCC(=O)OC(C)(C)C)C(=O)O)c1. The van der Waals surface area contributed by atoms with Gasteiger partial charge in [-0.1, -0.05) is 31.2 Å². The average molecular weight is 292 g/mol. The summed E-state index contributed by atoms with van der Waals surface area (Å²) in [6, 6.07) is 7.52. The summed E-state index contributed by atoms with van der Waals surface area (Å²) in [7, 11) is 0. The van der Waals surface area contributed by atoms with Crippen LogP contribution >= 0.6 is 0 Å². The second-order valence-corrected chi connectivity index (χ2v) is 6.11. The highest BCUT2D eigenvalue weighted by Crippen LogP contribution is 2.24. The van der Waals surface area contributed by atoms with Crippen molar-refractivity contribution in [2.75, 3.05) is 0 Å². The quantitative estimate of drug-likeness (QED) is 0.815. The van der Waals surface area contributed by atoms with Crippen LogP contribution in [-0.2, 0) is 20.7 Å². The van der Waals surface area contributed by atoms with E-state index < -0.39 is 17.5 Å². The van der Waals surface area contributed by atoms with E-state index in [-0.39, 0.29) is 18.8 Å². The molecule has 0 aliphatic heterocycles. The number of carboxylic acids is 1. The van der Waals surface area contributed by atoms with Crippen molar-refractivity contribution in [2.45, 2.75) is 58.5 Å². The highest BCUT2D eigenvalue weighted by atomic mass is 16.6. The summed E-state index contributed by atoms with van der Waals surface area (Å²) in [4.78, 5) is 23.2. The van der Waals surface area contributed by atoms with Gasteiger partial charge in [0.25, 0.3) is 0 Å². The molecule has 0 saturated heterocycles. The molecular formula is C17H24O4. The van der Waals surface area contributed by atoms with Gasteiger partial charge in [0, 0.05) is 6.42 Å². The number of aryl methyl sites for hydroxylation is 1. The maximum atomic E-state index is 11.7. The largest absolute Gasteiger partial charge is 0.481 e. The van der Waals surface area contributed by atoms with Crippen LogP contribution in [0, 0.1) is 0 Å². The van der Waals surface area contributed by atoms with Gasteiger partial charge in [-0.15, -0.1) is 0 Å². The number of aliphatic carboxylic acids is 1. The first-order chi connectivity index (χ1) is 9.73. The van der Waals surface area contributed by atoms with Crippen LogP contribution in [0.2, 0.25) is 0 Å². The van der Waals surface area contributed by atoms with Crippen molar-refractivity contribution in [2.24, 2.45) is 0 Å². The highest BCUT2D eigenvalue weighted by molar-refractivity contribution is 5.77. The van der Waals surface area contributed by atoms with E-state index in [0.29, 0.717) is 0 Å². The van der Waals surface area contributed by atoms with E-state index >= 15 is 0 Å². The number of hydrogen-bond acceptors (Lipinski definition) is 3. The Morgan fingerprint density at radius 3 is 2.48 bits per heavy atom. The average Bonchev–Trinajstić information content (AvgIpc) is 2.36. The molecule has 0 spiro atoms. The zero-order valence-electron chi connectivity index (χ0n) is 13.2. The smallest absolute Gasteiger partial charge is 0.310 e. The molecule has 0 saturated carbocycles. The Balaban J connectivity index is 2.74. The van der Waals surface area contributed by atoms with Crippen LogP contribution in [0.15, 0.2) is 24.3 Å². The lowest BCUT2D eigenvalue weighted by molar-refractivity contribution is -0.155. The van der Waals surface area contributed by atoms with Crippen LogP contribution in [0.25, 0.3) is 0 Å². The van der Waals surface area contributed by atoms with Crippen molar-refractivity contribution >= 4 is 11.9 Å². The Kier molecular flexibility index (Phi) is 5.94. The summed E-state index contributed by atoms with van der Waals surface area (Å²) < 4.78 is 5.22. The lowest BCUT2D eigenvalue weighted by Crippen LogP contribution is -2.24. The van der Waals surface area contributed by atoms with E-state index in [0.717, 1.165) is 17.5 Å². The third-order valence-corrected chi connectivity index (χ3v) is 3.12. The van der Waals surface area contributed by atoms with Gasteiger partial charge in [0.05, 0.1) is 5.92 Å². The van der Waals surface area contributed by atoms with Crippen LogP contribution in [0.3, 0.4) is 0 Å². The molecule has 0 bridgehead atoms. The summed E-state index contributed by atoms with van der Waals surface area (Å²) in [5, 5.41) is 9.38. The molecule has 0 fully saturated rings. The van der Waals surface area contributed by atoms with Gasteiger partial charge in [-0.25, -0.2) is 0 Å². The van der Waals surface area contributed by atoms with Gasteiger partial charge in [0.1, 0.15) is 5.60 Å². The maximum absolute atomic E-state index is 11.7. The predicted molar refractivity (Wildman–Crippen MR) is 81.3 cm³/mol. The van der Waals surface area contributed by atoms with Gasteiger partial charge >= 0.3 is 11.9 Å². The van der Waals surface area contributed by atoms with Crippen molar-refractivity contribution in [1.82, 2.24) is 0 Å². The van der Waals surface area contributed by atoms with Crippen LogP contribution in [0.5, 0.6) is 0 Å². The van der Waals surface area contributed by atoms with Gasteiger partial charge in [-0.05, 0) is 44.7 Å². The van der Waals surface area contributed by atoms with E-state index in [4.69, 9.17) is 4.74 Å². The summed E-state index contributed by atoms with van der Waals surface area (Å²) in [5.74, 6) is -1.95. The summed E-state index contributed by atoms with van der Waals surface area (Å²) in [6.07, 6.45) is 1.20. The minimum atomic E-state index is -0.910. The molecule has 1 aromatic carbocycles. The third-order valence-electron chi connectivity index (χ3n) is 3.12. The van der Waals surface area contributed by atoms with Crippen molar-refractivity contribution in [1.29, 1.82) is 0 Å². The number of esters is 1. The maximum Gasteiger partial charge on any atom is 0.310 e. The number of rotatable bonds is 6. The fourth-order valence-electron chi connectivity index (χ4n) is 2.12. The molecule has 1 N–H and O–H groups in total. The van der Waals surface area contributed by atoms with Gasteiger partial charge in [-0.2, -0.15) is 0 Å². The molecule has 1 aromatic rings. The number of benzene rings is 1. The van der Waals surface area contributed by atoms with E-state index in [1.54, 1.807) is 26.8 Å². The zero-order chi connectivity index (χ0) is 16.0. The first-order valence-corrected chi connectivity index (χ1v) is 7.26. The molecule has 21 heavy (non-hydrogen) atoms. The molecule has 0 radical (unpaired) electrons. The van der Waals surface area contributed by atoms with Crippen LogP contribution < -0.4 is 0 Å². The Morgan fingerprint density at radius 2 is 1.95 bits per heavy atom. The minimum Gasteiger partial charge on any atom is -0.481 e. The van der Waals surface area contributed by atoms with Gasteiger partial charge in [0.2, 0.25) is 0 Å². The fourth-order valence-corrected chi connectivity index (χ4v) is 2.12. The molecule has 0 heterocycles. The summed E-state index contributed by atoms with van der Waals surface area (Å²) in [6.45, 7) is 7.41. The molecule has 0 aliphatic carbocycles. The van der Waals surface area contributed by atoms with E-state index in [1.165, 1.54) is 0 Å². The van der Waals surface area contributed by atoms with Crippen molar-refractivity contribution in [3.8, 4) is 0 Å². The number of carbonyl (C=O) groups excluding carboxylic acids is 1. The first-order valence-electron chi connectivity index (χ1n) is 7.26. The Morgan fingerprint density at radius 1 is 1.29 bits per heavy atom. The molecule has 0 aliphatic rings. The molecule has 1 atom stereocenters. The Bertz CT molecular complexity index is 500. The van der Waals surface area contributed by atoms with Crippen molar-refractivity contribution < 1.29 is 19.4 Å². The van der Waals surface area contributed by atoms with Crippen LogP contribution in [0.1, 0.15) is 57.6 Å². The second kappa shape index (κ2) is 7.25. The van der Waals surface area contributed by atoms with E-state index in [9.17, 15) is 14.7 Å².